The second-order valence-electron chi connectivity index (χ2n) is 10.0. The molecule has 172 valence electrons. The maximum Gasteiger partial charge on any atom is 0.472 e. The van der Waals surface area contributed by atoms with Crippen molar-refractivity contribution >= 4 is 19.6 Å². The molecule has 29 heavy (non-hydrogen) atoms. The van der Waals surface area contributed by atoms with Gasteiger partial charge in [0.2, 0.25) is 11.8 Å². The Kier molecular flexibility index (Phi) is 10.5. The van der Waals surface area contributed by atoms with E-state index in [-0.39, 0.29) is 30.9 Å². The number of amides is 2. The van der Waals surface area contributed by atoms with Gasteiger partial charge in [-0.2, -0.15) is 0 Å². The minimum absolute atomic E-state index is 0.0693. The third-order valence-corrected chi connectivity index (χ3v) is 5.06. The summed E-state index contributed by atoms with van der Waals surface area (Å²) in [6.07, 6.45) is -0.572. The maximum absolute atomic E-state index is 12.2. The van der Waals surface area contributed by atoms with Gasteiger partial charge in [-0.3, -0.25) is 18.6 Å². The number of aliphatic hydroxyl groups excluding tert-OH is 1. The van der Waals surface area contributed by atoms with Crippen molar-refractivity contribution in [3.8, 4) is 0 Å². The maximum atomic E-state index is 12.2. The summed E-state index contributed by atoms with van der Waals surface area (Å²) in [4.78, 5) is 33.7. The van der Waals surface area contributed by atoms with E-state index >= 15 is 0 Å². The second kappa shape index (κ2) is 10.9. The summed E-state index contributed by atoms with van der Waals surface area (Å²) in [5.41, 5.74) is -1.92. The van der Waals surface area contributed by atoms with E-state index in [0.29, 0.717) is 6.54 Å². The van der Waals surface area contributed by atoms with Crippen molar-refractivity contribution in [3.63, 3.8) is 0 Å². The molecule has 0 aliphatic heterocycles. The lowest BCUT2D eigenvalue weighted by molar-refractivity contribution is -0.137. The number of carbonyl (C=O) groups excluding carboxylic acids is 2. The molecule has 10 heteroatoms. The van der Waals surface area contributed by atoms with E-state index in [1.165, 1.54) is 13.8 Å². The molecule has 0 spiro atoms. The SMILES string of the molecule is CC(C)(C)CCNC(=O)CCNC(=O)[C@H](O)C(C)(C)COP(=O)(O)OC(C)(C)C. The van der Waals surface area contributed by atoms with Gasteiger partial charge >= 0.3 is 7.82 Å². The predicted molar refractivity (Wildman–Crippen MR) is 111 cm³/mol. The number of phosphoric acid groups is 1. The third-order valence-electron chi connectivity index (χ3n) is 3.83. The quantitative estimate of drug-likeness (QED) is 0.364. The monoisotopic (exact) mass is 438 g/mol. The summed E-state index contributed by atoms with van der Waals surface area (Å²) in [6.45, 7) is 14.3. The Labute approximate surface area is 174 Å². The molecular formula is C19H39N2O7P. The van der Waals surface area contributed by atoms with E-state index in [0.717, 1.165) is 6.42 Å². The fourth-order valence-electron chi connectivity index (χ4n) is 2.12. The largest absolute Gasteiger partial charge is 0.472 e. The summed E-state index contributed by atoms with van der Waals surface area (Å²) in [5, 5.41) is 15.5. The van der Waals surface area contributed by atoms with Gasteiger partial charge in [0.25, 0.3) is 0 Å². The van der Waals surface area contributed by atoms with Gasteiger partial charge < -0.3 is 20.6 Å². The van der Waals surface area contributed by atoms with Gasteiger partial charge in [-0.1, -0.05) is 34.6 Å². The molecule has 0 radical (unpaired) electrons. The van der Waals surface area contributed by atoms with E-state index < -0.39 is 30.8 Å². The van der Waals surface area contributed by atoms with Crippen LogP contribution >= 0.6 is 7.82 Å². The Morgan fingerprint density at radius 1 is 1.00 bits per heavy atom. The zero-order valence-electron chi connectivity index (χ0n) is 19.0. The van der Waals surface area contributed by atoms with Crippen molar-refractivity contribution in [2.45, 2.75) is 79.9 Å². The number of rotatable bonds is 11. The molecule has 2 atom stereocenters. The Morgan fingerprint density at radius 3 is 2.03 bits per heavy atom. The predicted octanol–water partition coefficient (Wildman–Crippen LogP) is 2.36. The average Bonchev–Trinajstić information content (AvgIpc) is 2.48. The smallest absolute Gasteiger partial charge is 0.383 e. The normalized spacial score (nSPS) is 16.1. The van der Waals surface area contributed by atoms with Crippen molar-refractivity contribution in [2.75, 3.05) is 19.7 Å². The zero-order chi connectivity index (χ0) is 23.1. The van der Waals surface area contributed by atoms with Crippen LogP contribution in [-0.4, -0.2) is 53.2 Å². The highest BCUT2D eigenvalue weighted by molar-refractivity contribution is 7.47. The van der Waals surface area contributed by atoms with Crippen LogP contribution in [-0.2, 0) is 23.2 Å². The Balaban J connectivity index is 4.41. The highest BCUT2D eigenvalue weighted by Crippen LogP contribution is 2.48. The van der Waals surface area contributed by atoms with Gasteiger partial charge in [0, 0.05) is 24.9 Å². The second-order valence-corrected chi connectivity index (χ2v) is 11.4. The van der Waals surface area contributed by atoms with Crippen LogP contribution < -0.4 is 10.6 Å². The van der Waals surface area contributed by atoms with Crippen LogP contribution in [0.2, 0.25) is 0 Å². The lowest BCUT2D eigenvalue weighted by Crippen LogP contribution is -2.46. The number of nitrogens with one attached hydrogen (secondary N) is 2. The Morgan fingerprint density at radius 2 is 1.55 bits per heavy atom. The molecule has 0 aromatic carbocycles. The molecule has 0 rings (SSSR count). The molecule has 0 saturated carbocycles. The van der Waals surface area contributed by atoms with E-state index in [1.807, 2.05) is 0 Å². The standard InChI is InChI=1S/C19H39N2O7P/c1-17(2,3)10-12-20-14(22)9-11-21-16(24)15(23)19(7,8)13-27-29(25,26)28-18(4,5)6/h15,23H,9-13H2,1-8H3,(H,20,22)(H,21,24)(H,25,26)/t15-/m0/s1. The minimum atomic E-state index is -4.33. The summed E-state index contributed by atoms with van der Waals surface area (Å²) in [5.74, 6) is -0.877. The number of aliphatic hydroxyl groups is 1. The van der Waals surface area contributed by atoms with Crippen LogP contribution in [0.4, 0.5) is 0 Å². The lowest BCUT2D eigenvalue weighted by atomic mass is 9.87. The fourth-order valence-corrected chi connectivity index (χ4v) is 3.36. The van der Waals surface area contributed by atoms with E-state index in [4.69, 9.17) is 9.05 Å². The van der Waals surface area contributed by atoms with E-state index in [9.17, 15) is 24.2 Å². The third kappa shape index (κ3) is 13.8. The molecular weight excluding hydrogens is 399 g/mol. The van der Waals surface area contributed by atoms with Gasteiger partial charge in [-0.15, -0.1) is 0 Å². The first-order valence-corrected chi connectivity index (χ1v) is 11.2. The van der Waals surface area contributed by atoms with Crippen LogP contribution in [0, 0.1) is 10.8 Å². The first kappa shape index (κ1) is 28.0. The molecule has 0 aliphatic carbocycles. The summed E-state index contributed by atoms with van der Waals surface area (Å²) in [6, 6.07) is 0. The number of hydrogen-bond donors (Lipinski definition) is 4. The zero-order valence-corrected chi connectivity index (χ0v) is 19.9. The first-order chi connectivity index (χ1) is 12.8. The van der Waals surface area contributed by atoms with Crippen LogP contribution in [0.1, 0.15) is 68.2 Å². The molecule has 0 heterocycles. The first-order valence-electron chi connectivity index (χ1n) is 9.75. The van der Waals surface area contributed by atoms with Gasteiger partial charge in [0.1, 0.15) is 6.10 Å². The van der Waals surface area contributed by atoms with Crippen LogP contribution in [0.25, 0.3) is 0 Å². The van der Waals surface area contributed by atoms with E-state index in [2.05, 4.69) is 31.4 Å². The Bertz CT molecular complexity index is 594. The summed E-state index contributed by atoms with van der Waals surface area (Å²) < 4.78 is 21.9. The number of phosphoric ester groups is 1. The van der Waals surface area contributed by atoms with E-state index in [1.54, 1.807) is 20.8 Å². The Hall–Kier alpha value is -0.990. The molecule has 4 N–H and O–H groups in total. The highest BCUT2D eigenvalue weighted by Gasteiger charge is 2.38. The highest BCUT2D eigenvalue weighted by atomic mass is 31.2. The molecule has 0 bridgehead atoms. The van der Waals surface area contributed by atoms with Crippen LogP contribution in [0.5, 0.6) is 0 Å². The minimum Gasteiger partial charge on any atom is -0.383 e. The molecule has 0 aromatic heterocycles. The van der Waals surface area contributed by atoms with Crippen molar-refractivity contribution in [1.82, 2.24) is 10.6 Å². The molecule has 0 saturated heterocycles. The summed E-state index contributed by atoms with van der Waals surface area (Å²) in [7, 11) is -4.33. The molecule has 9 nitrogen and oxygen atoms in total. The van der Waals surface area contributed by atoms with Gasteiger partial charge in [0.05, 0.1) is 12.2 Å². The fraction of sp³-hybridized carbons (Fsp3) is 0.895. The summed E-state index contributed by atoms with van der Waals surface area (Å²) >= 11 is 0. The van der Waals surface area contributed by atoms with Crippen molar-refractivity contribution < 1.29 is 33.2 Å². The topological polar surface area (TPSA) is 134 Å². The molecule has 1 unspecified atom stereocenters. The molecule has 0 aliphatic rings. The lowest BCUT2D eigenvalue weighted by Gasteiger charge is -2.31. The van der Waals surface area contributed by atoms with Gasteiger partial charge in [-0.05, 0) is 32.6 Å². The van der Waals surface area contributed by atoms with Gasteiger partial charge in [0.15, 0.2) is 0 Å². The van der Waals surface area contributed by atoms with Crippen molar-refractivity contribution in [2.24, 2.45) is 10.8 Å². The average molecular weight is 439 g/mol. The van der Waals surface area contributed by atoms with Crippen LogP contribution in [0.3, 0.4) is 0 Å². The number of carbonyl (C=O) groups is 2. The molecule has 0 aromatic rings. The van der Waals surface area contributed by atoms with Crippen molar-refractivity contribution in [3.05, 3.63) is 0 Å². The van der Waals surface area contributed by atoms with Crippen LogP contribution in [0.15, 0.2) is 0 Å². The number of hydrogen-bond acceptors (Lipinski definition) is 6. The molecule has 2 amide bonds. The van der Waals surface area contributed by atoms with Crippen molar-refractivity contribution in [1.29, 1.82) is 0 Å². The van der Waals surface area contributed by atoms with Gasteiger partial charge in [-0.25, -0.2) is 4.57 Å². The molecule has 0 fully saturated rings.